The van der Waals surface area contributed by atoms with Crippen LogP contribution in [0.4, 0.5) is 0 Å². The molecule has 0 spiro atoms. The van der Waals surface area contributed by atoms with Gasteiger partial charge in [0.2, 0.25) is 0 Å². The number of nitrogens with zero attached hydrogens (tertiary/aromatic N) is 1. The first-order valence-electron chi connectivity index (χ1n) is 5.90. The summed E-state index contributed by atoms with van der Waals surface area (Å²) in [6.45, 7) is 3.42. The fourth-order valence-electron chi connectivity index (χ4n) is 1.85. The lowest BCUT2D eigenvalue weighted by molar-refractivity contribution is 0.0408. The third-order valence-corrected chi connectivity index (χ3v) is 4.69. The third kappa shape index (κ3) is 3.44. The van der Waals surface area contributed by atoms with Crippen LogP contribution in [0.2, 0.25) is 0 Å². The molecule has 0 atom stereocenters. The fourth-order valence-corrected chi connectivity index (χ4v) is 3.13. The van der Waals surface area contributed by atoms with Crippen LogP contribution in [0.15, 0.2) is 29.2 Å². The summed E-state index contributed by atoms with van der Waals surface area (Å²) in [6.07, 6.45) is 0. The first-order valence-corrected chi connectivity index (χ1v) is 7.55. The molecule has 0 radical (unpaired) electrons. The molecule has 0 bridgehead atoms. The van der Waals surface area contributed by atoms with Gasteiger partial charge in [-0.1, -0.05) is 0 Å². The minimum absolute atomic E-state index is 0.0714. The minimum Gasteiger partial charge on any atom is -0.508 e. The van der Waals surface area contributed by atoms with Gasteiger partial charge in [-0.05, 0) is 24.3 Å². The Morgan fingerprint density at radius 1 is 1.17 bits per heavy atom. The van der Waals surface area contributed by atoms with Crippen LogP contribution in [0.25, 0.3) is 0 Å². The van der Waals surface area contributed by atoms with E-state index in [1.165, 1.54) is 24.3 Å². The number of morpholine rings is 1. The monoisotopic (exact) mass is 271 g/mol. The van der Waals surface area contributed by atoms with Crippen molar-refractivity contribution >= 4 is 9.84 Å². The number of aromatic hydroxyl groups is 1. The summed E-state index contributed by atoms with van der Waals surface area (Å²) < 4.78 is 29.3. The molecule has 0 unspecified atom stereocenters. The lowest BCUT2D eigenvalue weighted by Crippen LogP contribution is -2.39. The van der Waals surface area contributed by atoms with Gasteiger partial charge >= 0.3 is 0 Å². The van der Waals surface area contributed by atoms with Crippen LogP contribution in [0.5, 0.6) is 5.75 Å². The summed E-state index contributed by atoms with van der Waals surface area (Å²) in [4.78, 5) is 2.34. The maximum atomic E-state index is 12.0. The molecule has 0 amide bonds. The highest BCUT2D eigenvalue weighted by molar-refractivity contribution is 7.91. The van der Waals surface area contributed by atoms with Crippen molar-refractivity contribution in [2.45, 2.75) is 4.90 Å². The zero-order valence-corrected chi connectivity index (χ0v) is 10.9. The van der Waals surface area contributed by atoms with Crippen molar-refractivity contribution in [3.8, 4) is 5.75 Å². The van der Waals surface area contributed by atoms with E-state index < -0.39 is 9.84 Å². The molecule has 100 valence electrons. The van der Waals surface area contributed by atoms with Gasteiger partial charge in [-0.2, -0.15) is 0 Å². The second-order valence-corrected chi connectivity index (χ2v) is 6.38. The molecular weight excluding hydrogens is 254 g/mol. The lowest BCUT2D eigenvalue weighted by Gasteiger charge is -2.26. The molecule has 0 saturated carbocycles. The number of phenolic OH excluding ortho intramolecular Hbond substituents is 1. The van der Waals surface area contributed by atoms with Crippen molar-refractivity contribution in [1.29, 1.82) is 0 Å². The van der Waals surface area contributed by atoms with Gasteiger partial charge in [-0.3, -0.25) is 4.90 Å². The van der Waals surface area contributed by atoms with Gasteiger partial charge in [0.05, 0.1) is 23.9 Å². The Morgan fingerprint density at radius 2 is 1.78 bits per heavy atom. The Hall–Kier alpha value is -1.11. The molecule has 1 heterocycles. The number of hydrogen-bond donors (Lipinski definition) is 1. The molecule has 18 heavy (non-hydrogen) atoms. The number of benzene rings is 1. The minimum atomic E-state index is -3.27. The Morgan fingerprint density at radius 3 is 2.39 bits per heavy atom. The van der Waals surface area contributed by atoms with Crippen molar-refractivity contribution in [2.24, 2.45) is 0 Å². The first kappa shape index (κ1) is 13.3. The van der Waals surface area contributed by atoms with E-state index >= 15 is 0 Å². The molecule has 1 aliphatic rings. The van der Waals surface area contributed by atoms with Crippen LogP contribution in [0.1, 0.15) is 0 Å². The standard InChI is InChI=1S/C12H17NO4S/c14-11-1-3-12(4-2-11)18(15,16)10-7-13-5-8-17-9-6-13/h1-4,14H,5-10H2. The SMILES string of the molecule is O=S(=O)(CCN1CCOCC1)c1ccc(O)cc1. The third-order valence-electron chi connectivity index (χ3n) is 2.98. The Kier molecular flexibility index (Phi) is 4.21. The van der Waals surface area contributed by atoms with E-state index in [2.05, 4.69) is 4.90 Å². The van der Waals surface area contributed by atoms with Crippen LogP contribution in [0, 0.1) is 0 Å². The number of phenols is 1. The van der Waals surface area contributed by atoms with Crippen LogP contribution in [-0.4, -0.2) is 57.0 Å². The van der Waals surface area contributed by atoms with Crippen molar-refractivity contribution < 1.29 is 18.3 Å². The summed E-state index contributed by atoms with van der Waals surface area (Å²) in [5.41, 5.74) is 0. The number of sulfone groups is 1. The van der Waals surface area contributed by atoms with Gasteiger partial charge < -0.3 is 9.84 Å². The largest absolute Gasteiger partial charge is 0.508 e. The molecule has 2 rings (SSSR count). The molecule has 5 nitrogen and oxygen atoms in total. The second-order valence-electron chi connectivity index (χ2n) is 4.27. The molecule has 0 aromatic heterocycles. The quantitative estimate of drug-likeness (QED) is 0.863. The average Bonchev–Trinajstić information content (AvgIpc) is 2.38. The summed E-state index contributed by atoms with van der Waals surface area (Å²) in [5.74, 6) is 0.166. The van der Waals surface area contributed by atoms with Crippen LogP contribution in [0.3, 0.4) is 0 Å². The van der Waals surface area contributed by atoms with Gasteiger partial charge in [-0.15, -0.1) is 0 Å². The molecular formula is C12H17NO4S. The second kappa shape index (κ2) is 5.69. The Labute approximate surface area is 107 Å². The Balaban J connectivity index is 1.96. The van der Waals surface area contributed by atoms with Crippen molar-refractivity contribution in [1.82, 2.24) is 4.90 Å². The van der Waals surface area contributed by atoms with E-state index in [4.69, 9.17) is 9.84 Å². The highest BCUT2D eigenvalue weighted by atomic mass is 32.2. The maximum absolute atomic E-state index is 12.0. The molecule has 0 aliphatic carbocycles. The molecule has 1 fully saturated rings. The molecule has 1 saturated heterocycles. The molecule has 1 aliphatic heterocycles. The van der Waals surface area contributed by atoms with E-state index in [0.29, 0.717) is 19.8 Å². The zero-order chi connectivity index (χ0) is 13.0. The van der Waals surface area contributed by atoms with Gasteiger partial charge in [-0.25, -0.2) is 8.42 Å². The van der Waals surface area contributed by atoms with Gasteiger partial charge in [0.25, 0.3) is 0 Å². The van der Waals surface area contributed by atoms with Crippen molar-refractivity contribution in [3.05, 3.63) is 24.3 Å². The zero-order valence-electron chi connectivity index (χ0n) is 10.1. The van der Waals surface area contributed by atoms with Crippen LogP contribution in [-0.2, 0) is 14.6 Å². The summed E-state index contributed by atoms with van der Waals surface area (Å²) in [7, 11) is -3.27. The molecule has 1 N–H and O–H groups in total. The van der Waals surface area contributed by atoms with E-state index in [1.54, 1.807) is 0 Å². The van der Waals surface area contributed by atoms with Gasteiger partial charge in [0.15, 0.2) is 9.84 Å². The predicted molar refractivity (Wildman–Crippen MR) is 67.4 cm³/mol. The van der Waals surface area contributed by atoms with Crippen molar-refractivity contribution in [2.75, 3.05) is 38.6 Å². The van der Waals surface area contributed by atoms with E-state index in [-0.39, 0.29) is 16.4 Å². The number of ether oxygens (including phenoxy) is 1. The molecule has 1 aromatic rings. The summed E-state index contributed by atoms with van der Waals surface area (Å²) in [5, 5.41) is 9.14. The van der Waals surface area contributed by atoms with Crippen LogP contribution >= 0.6 is 0 Å². The maximum Gasteiger partial charge on any atom is 0.179 e. The highest BCUT2D eigenvalue weighted by Crippen LogP contribution is 2.16. The average molecular weight is 271 g/mol. The van der Waals surface area contributed by atoms with Crippen LogP contribution < -0.4 is 0 Å². The predicted octanol–water partition coefficient (Wildman–Crippen LogP) is 0.498. The topological polar surface area (TPSA) is 66.8 Å². The number of hydrogen-bond acceptors (Lipinski definition) is 5. The summed E-state index contributed by atoms with van der Waals surface area (Å²) >= 11 is 0. The highest BCUT2D eigenvalue weighted by Gasteiger charge is 2.17. The lowest BCUT2D eigenvalue weighted by atomic mass is 10.3. The van der Waals surface area contributed by atoms with E-state index in [1.807, 2.05) is 0 Å². The molecule has 1 aromatic carbocycles. The Bertz CT molecular complexity index is 477. The first-order chi connectivity index (χ1) is 8.58. The normalized spacial score (nSPS) is 17.8. The smallest absolute Gasteiger partial charge is 0.179 e. The molecule has 6 heteroatoms. The fraction of sp³-hybridized carbons (Fsp3) is 0.500. The summed E-state index contributed by atoms with van der Waals surface area (Å²) in [6, 6.07) is 5.65. The van der Waals surface area contributed by atoms with E-state index in [0.717, 1.165) is 13.1 Å². The van der Waals surface area contributed by atoms with Crippen molar-refractivity contribution in [3.63, 3.8) is 0 Å². The van der Waals surface area contributed by atoms with E-state index in [9.17, 15) is 8.42 Å². The number of rotatable bonds is 4. The van der Waals surface area contributed by atoms with Gasteiger partial charge in [0, 0.05) is 19.6 Å². The van der Waals surface area contributed by atoms with Gasteiger partial charge in [0.1, 0.15) is 5.75 Å².